The molecule has 0 saturated carbocycles. The topological polar surface area (TPSA) is 101 Å². The molecule has 1 N–H and O–H groups in total. The normalized spacial score (nSPS) is 11.7. The molecular formula is C17H11Cl2N5O2S2. The smallest absolute Gasteiger partial charge is 0.247 e. The van der Waals surface area contributed by atoms with Crippen LogP contribution in [-0.2, 0) is 9.84 Å². The second-order valence-electron chi connectivity index (χ2n) is 5.81. The third-order valence-corrected chi connectivity index (χ3v) is 6.37. The van der Waals surface area contributed by atoms with E-state index in [1.165, 1.54) is 23.9 Å². The number of nitrogens with one attached hydrogen (secondary N) is 1. The van der Waals surface area contributed by atoms with E-state index in [0.29, 0.717) is 21.6 Å². The molecule has 0 aliphatic carbocycles. The number of benzene rings is 1. The van der Waals surface area contributed by atoms with Gasteiger partial charge in [0.05, 0.1) is 15.4 Å². The fraction of sp³-hybridized carbons (Fsp3) is 0.0588. The van der Waals surface area contributed by atoms with Gasteiger partial charge in [-0.05, 0) is 24.3 Å². The van der Waals surface area contributed by atoms with Gasteiger partial charge in [-0.25, -0.2) is 23.4 Å². The molecule has 0 radical (unpaired) electrons. The Morgan fingerprint density at radius 1 is 1.07 bits per heavy atom. The summed E-state index contributed by atoms with van der Waals surface area (Å²) in [4.78, 5) is 13.8. The first-order valence-corrected chi connectivity index (χ1v) is 11.3. The highest BCUT2D eigenvalue weighted by molar-refractivity contribution is 7.90. The molecule has 4 aromatic rings. The molecule has 4 rings (SSSR count). The Labute approximate surface area is 174 Å². The Balaban J connectivity index is 1.92. The van der Waals surface area contributed by atoms with Crippen LogP contribution >= 0.6 is 34.5 Å². The van der Waals surface area contributed by atoms with Crippen LogP contribution in [0.3, 0.4) is 0 Å². The highest BCUT2D eigenvalue weighted by atomic mass is 35.5. The van der Waals surface area contributed by atoms with Crippen LogP contribution in [0.4, 0.5) is 0 Å². The monoisotopic (exact) mass is 451 g/mol. The van der Waals surface area contributed by atoms with Gasteiger partial charge in [-0.3, -0.25) is 5.10 Å². The average molecular weight is 452 g/mol. The zero-order valence-electron chi connectivity index (χ0n) is 14.2. The first-order valence-electron chi connectivity index (χ1n) is 7.81. The molecule has 0 saturated heterocycles. The Kier molecular flexibility index (Phi) is 4.92. The van der Waals surface area contributed by atoms with Gasteiger partial charge >= 0.3 is 0 Å². The van der Waals surface area contributed by atoms with E-state index in [1.807, 2.05) is 12.1 Å². The van der Waals surface area contributed by atoms with E-state index in [2.05, 4.69) is 25.1 Å². The first-order chi connectivity index (χ1) is 13.3. The van der Waals surface area contributed by atoms with Crippen molar-refractivity contribution in [2.45, 2.75) is 5.16 Å². The number of aromatic nitrogens is 5. The van der Waals surface area contributed by atoms with Crippen molar-refractivity contribution in [2.24, 2.45) is 0 Å². The van der Waals surface area contributed by atoms with Crippen LogP contribution in [0, 0.1) is 0 Å². The number of aromatic amines is 1. The molecule has 0 aliphatic heterocycles. The lowest BCUT2D eigenvalue weighted by Gasteiger charge is -2.05. The van der Waals surface area contributed by atoms with Crippen LogP contribution in [0.25, 0.3) is 32.4 Å². The van der Waals surface area contributed by atoms with Crippen molar-refractivity contribution in [3.8, 4) is 32.4 Å². The zero-order chi connectivity index (χ0) is 19.9. The van der Waals surface area contributed by atoms with E-state index in [-0.39, 0.29) is 5.16 Å². The number of thiophene rings is 1. The third kappa shape index (κ3) is 3.66. The predicted molar refractivity (Wildman–Crippen MR) is 109 cm³/mol. The fourth-order valence-corrected chi connectivity index (χ4v) is 4.69. The number of H-pyrrole nitrogens is 1. The quantitative estimate of drug-likeness (QED) is 0.462. The molecule has 0 aliphatic rings. The highest BCUT2D eigenvalue weighted by Crippen LogP contribution is 2.44. The molecule has 28 heavy (non-hydrogen) atoms. The molecule has 142 valence electrons. The lowest BCUT2D eigenvalue weighted by molar-refractivity contribution is 0.593. The molecule has 0 fully saturated rings. The molecule has 11 heteroatoms. The molecule has 0 bridgehead atoms. The Hall–Kier alpha value is -2.33. The van der Waals surface area contributed by atoms with Gasteiger partial charge in [0.15, 0.2) is 5.82 Å². The van der Waals surface area contributed by atoms with Crippen LogP contribution in [0.15, 0.2) is 48.0 Å². The summed E-state index contributed by atoms with van der Waals surface area (Å²) in [5, 5.41) is 7.54. The van der Waals surface area contributed by atoms with Gasteiger partial charge in [0, 0.05) is 33.6 Å². The van der Waals surface area contributed by atoms with E-state index in [9.17, 15) is 8.42 Å². The summed E-state index contributed by atoms with van der Waals surface area (Å²) in [6.45, 7) is 0. The molecule has 1 aromatic carbocycles. The maximum atomic E-state index is 11.8. The molecule has 0 amide bonds. The van der Waals surface area contributed by atoms with E-state index >= 15 is 0 Å². The largest absolute Gasteiger partial charge is 0.259 e. The van der Waals surface area contributed by atoms with Crippen LogP contribution in [0.5, 0.6) is 0 Å². The lowest BCUT2D eigenvalue weighted by Crippen LogP contribution is -2.03. The summed E-state index contributed by atoms with van der Waals surface area (Å²) in [5.41, 5.74) is 2.05. The van der Waals surface area contributed by atoms with E-state index < -0.39 is 9.84 Å². The SMILES string of the molecule is CS(=O)(=O)c1nccc(-c2cc(-c3ccc(Cl)cc3Cl)c(-c3ncn[nH]3)s2)n1. The number of nitrogens with zero attached hydrogens (tertiary/aromatic N) is 4. The van der Waals surface area contributed by atoms with Crippen molar-refractivity contribution in [3.05, 3.63) is 52.9 Å². The summed E-state index contributed by atoms with van der Waals surface area (Å²) in [6, 6.07) is 8.76. The van der Waals surface area contributed by atoms with E-state index in [0.717, 1.165) is 27.1 Å². The zero-order valence-corrected chi connectivity index (χ0v) is 17.4. The number of halogens is 2. The molecule has 0 unspecified atom stereocenters. The van der Waals surface area contributed by atoms with E-state index in [1.54, 1.807) is 18.2 Å². The summed E-state index contributed by atoms with van der Waals surface area (Å²) in [5.74, 6) is 0.564. The standard InChI is InChI=1S/C17H11Cl2N5O2S2/c1-28(25,26)17-20-5-4-13(23-17)14-7-11(10-3-2-9(18)6-12(10)19)15(27-14)16-21-8-22-24-16/h2-8H,1H3,(H,21,22,24). The summed E-state index contributed by atoms with van der Waals surface area (Å²) in [6.07, 6.45) is 3.90. The van der Waals surface area contributed by atoms with E-state index in [4.69, 9.17) is 23.2 Å². The molecule has 0 atom stereocenters. The molecule has 0 spiro atoms. The van der Waals surface area contributed by atoms with Crippen molar-refractivity contribution in [2.75, 3.05) is 6.26 Å². The maximum absolute atomic E-state index is 11.8. The summed E-state index contributed by atoms with van der Waals surface area (Å²) >= 11 is 13.8. The van der Waals surface area contributed by atoms with Crippen LogP contribution in [0.2, 0.25) is 10.0 Å². The van der Waals surface area contributed by atoms with Crippen molar-refractivity contribution in [3.63, 3.8) is 0 Å². The predicted octanol–water partition coefficient (Wildman–Crippen LogP) is 4.37. The number of hydrogen-bond donors (Lipinski definition) is 1. The van der Waals surface area contributed by atoms with Gasteiger partial charge in [-0.15, -0.1) is 11.3 Å². The molecule has 7 nitrogen and oxygen atoms in total. The van der Waals surface area contributed by atoms with Gasteiger partial charge in [-0.1, -0.05) is 29.3 Å². The van der Waals surface area contributed by atoms with Gasteiger partial charge in [0.2, 0.25) is 15.0 Å². The lowest BCUT2D eigenvalue weighted by atomic mass is 10.1. The third-order valence-electron chi connectivity index (χ3n) is 3.80. The summed E-state index contributed by atoms with van der Waals surface area (Å²) < 4.78 is 23.6. The number of rotatable bonds is 4. The molecular weight excluding hydrogens is 441 g/mol. The number of sulfone groups is 1. The van der Waals surface area contributed by atoms with Crippen molar-refractivity contribution >= 4 is 44.4 Å². The van der Waals surface area contributed by atoms with Gasteiger partial charge in [-0.2, -0.15) is 5.10 Å². The second kappa shape index (κ2) is 7.25. The second-order valence-corrected chi connectivity index (χ2v) is 9.61. The minimum absolute atomic E-state index is 0.231. The Morgan fingerprint density at radius 3 is 2.57 bits per heavy atom. The first kappa shape index (κ1) is 19.0. The van der Waals surface area contributed by atoms with Crippen LogP contribution < -0.4 is 0 Å². The fourth-order valence-electron chi connectivity index (χ4n) is 2.57. The van der Waals surface area contributed by atoms with Crippen LogP contribution in [-0.4, -0.2) is 39.8 Å². The average Bonchev–Trinajstić information content (AvgIpc) is 3.31. The van der Waals surface area contributed by atoms with Gasteiger partial charge < -0.3 is 0 Å². The number of hydrogen-bond acceptors (Lipinski definition) is 7. The molecule has 3 heterocycles. The Bertz CT molecular complexity index is 1270. The van der Waals surface area contributed by atoms with Crippen molar-refractivity contribution < 1.29 is 8.42 Å². The van der Waals surface area contributed by atoms with Gasteiger partial charge in [0.1, 0.15) is 6.33 Å². The van der Waals surface area contributed by atoms with Crippen LogP contribution in [0.1, 0.15) is 0 Å². The van der Waals surface area contributed by atoms with Crippen molar-refractivity contribution in [1.82, 2.24) is 25.1 Å². The highest BCUT2D eigenvalue weighted by Gasteiger charge is 2.20. The Morgan fingerprint density at radius 2 is 1.89 bits per heavy atom. The molecule has 3 aromatic heterocycles. The van der Waals surface area contributed by atoms with Gasteiger partial charge in [0.25, 0.3) is 0 Å². The van der Waals surface area contributed by atoms with Crippen molar-refractivity contribution in [1.29, 1.82) is 0 Å². The summed E-state index contributed by atoms with van der Waals surface area (Å²) in [7, 11) is -3.53. The minimum Gasteiger partial charge on any atom is -0.259 e. The maximum Gasteiger partial charge on any atom is 0.247 e. The minimum atomic E-state index is -3.53.